The highest BCUT2D eigenvalue weighted by atomic mass is 16.6. The summed E-state index contributed by atoms with van der Waals surface area (Å²) >= 11 is 0. The van der Waals surface area contributed by atoms with Crippen LogP contribution in [0.4, 0.5) is 10.5 Å². The van der Waals surface area contributed by atoms with Gasteiger partial charge in [-0.05, 0) is 58.4 Å². The number of benzene rings is 1. The van der Waals surface area contributed by atoms with Gasteiger partial charge in [-0.25, -0.2) is 9.59 Å². The summed E-state index contributed by atoms with van der Waals surface area (Å²) in [6, 6.07) is 7.03. The fourth-order valence-corrected chi connectivity index (χ4v) is 1.53. The van der Waals surface area contributed by atoms with E-state index in [-0.39, 0.29) is 12.1 Å². The zero-order valence-electron chi connectivity index (χ0n) is 13.7. The molecule has 0 unspecified atom stereocenters. The van der Waals surface area contributed by atoms with E-state index in [0.717, 1.165) is 5.56 Å². The molecule has 22 heavy (non-hydrogen) atoms. The van der Waals surface area contributed by atoms with Crippen molar-refractivity contribution in [1.29, 1.82) is 0 Å². The number of amides is 1. The quantitative estimate of drug-likeness (QED) is 0.674. The van der Waals surface area contributed by atoms with Crippen LogP contribution in [0.25, 0.3) is 6.08 Å². The van der Waals surface area contributed by atoms with Crippen LogP contribution in [0.1, 0.15) is 40.2 Å². The van der Waals surface area contributed by atoms with Crippen molar-refractivity contribution in [3.8, 4) is 0 Å². The van der Waals surface area contributed by atoms with Gasteiger partial charge in [-0.2, -0.15) is 0 Å². The molecule has 0 saturated heterocycles. The average Bonchev–Trinajstić information content (AvgIpc) is 2.34. The monoisotopic (exact) mass is 305 g/mol. The van der Waals surface area contributed by atoms with E-state index in [1.165, 1.54) is 6.08 Å². The Hall–Kier alpha value is -2.30. The maximum Gasteiger partial charge on any atom is 0.412 e. The number of rotatable bonds is 4. The molecule has 0 saturated carbocycles. The van der Waals surface area contributed by atoms with Gasteiger partial charge in [0.15, 0.2) is 0 Å². The number of carbonyl (C=O) groups is 2. The van der Waals surface area contributed by atoms with Gasteiger partial charge in [0.05, 0.1) is 6.10 Å². The third-order valence-corrected chi connectivity index (χ3v) is 2.32. The van der Waals surface area contributed by atoms with Crippen LogP contribution in [-0.4, -0.2) is 23.8 Å². The first-order valence-corrected chi connectivity index (χ1v) is 7.14. The molecule has 0 heterocycles. The summed E-state index contributed by atoms with van der Waals surface area (Å²) in [5.74, 6) is -0.383. The number of hydrogen-bond donors (Lipinski definition) is 1. The van der Waals surface area contributed by atoms with Crippen molar-refractivity contribution in [2.75, 3.05) is 5.32 Å². The third-order valence-electron chi connectivity index (χ3n) is 2.32. The van der Waals surface area contributed by atoms with Crippen LogP contribution in [0.2, 0.25) is 0 Å². The number of nitrogens with one attached hydrogen (secondary N) is 1. The minimum atomic E-state index is -0.538. The lowest BCUT2D eigenvalue weighted by molar-refractivity contribution is -0.141. The van der Waals surface area contributed by atoms with Gasteiger partial charge in [-0.1, -0.05) is 12.1 Å². The number of anilines is 1. The molecule has 0 aromatic heterocycles. The molecule has 1 amide bonds. The van der Waals surface area contributed by atoms with Gasteiger partial charge in [0, 0.05) is 11.8 Å². The van der Waals surface area contributed by atoms with E-state index in [2.05, 4.69) is 5.32 Å². The Balaban J connectivity index is 2.58. The molecular formula is C17H23NO4. The molecule has 1 aromatic rings. The Labute approximate surface area is 131 Å². The highest BCUT2D eigenvalue weighted by molar-refractivity contribution is 5.88. The van der Waals surface area contributed by atoms with Gasteiger partial charge in [-0.3, -0.25) is 5.32 Å². The second-order valence-corrected chi connectivity index (χ2v) is 6.07. The first-order valence-electron chi connectivity index (χ1n) is 7.14. The highest BCUT2D eigenvalue weighted by Crippen LogP contribution is 2.13. The molecular weight excluding hydrogens is 282 g/mol. The maximum atomic E-state index is 11.6. The van der Waals surface area contributed by atoms with Crippen LogP contribution in [0.15, 0.2) is 30.3 Å². The van der Waals surface area contributed by atoms with Crippen molar-refractivity contribution < 1.29 is 19.1 Å². The second-order valence-electron chi connectivity index (χ2n) is 6.07. The van der Waals surface area contributed by atoms with Crippen molar-refractivity contribution in [1.82, 2.24) is 0 Å². The molecule has 1 N–H and O–H groups in total. The number of hydrogen-bond acceptors (Lipinski definition) is 4. The van der Waals surface area contributed by atoms with Crippen LogP contribution in [-0.2, 0) is 14.3 Å². The average molecular weight is 305 g/mol. The zero-order valence-corrected chi connectivity index (χ0v) is 13.7. The van der Waals surface area contributed by atoms with Gasteiger partial charge in [-0.15, -0.1) is 0 Å². The highest BCUT2D eigenvalue weighted by Gasteiger charge is 2.15. The number of esters is 1. The van der Waals surface area contributed by atoms with Gasteiger partial charge in [0.25, 0.3) is 0 Å². The summed E-state index contributed by atoms with van der Waals surface area (Å²) in [6.07, 6.45) is 2.38. The first-order chi connectivity index (χ1) is 10.2. The van der Waals surface area contributed by atoms with Crippen molar-refractivity contribution in [3.63, 3.8) is 0 Å². The van der Waals surface area contributed by atoms with E-state index >= 15 is 0 Å². The normalized spacial score (nSPS) is 11.5. The van der Waals surface area contributed by atoms with E-state index in [1.807, 2.05) is 0 Å². The summed E-state index contributed by atoms with van der Waals surface area (Å²) in [5.41, 5.74) is 0.912. The molecule has 0 spiro atoms. The molecule has 5 nitrogen and oxygen atoms in total. The number of ether oxygens (including phenoxy) is 2. The van der Waals surface area contributed by atoms with Crippen LogP contribution in [0, 0.1) is 0 Å². The van der Waals surface area contributed by atoms with Gasteiger partial charge >= 0.3 is 12.1 Å². The fraction of sp³-hybridized carbons (Fsp3) is 0.412. The third kappa shape index (κ3) is 7.47. The van der Waals surface area contributed by atoms with E-state index in [9.17, 15) is 9.59 Å². The topological polar surface area (TPSA) is 64.6 Å². The molecule has 0 atom stereocenters. The van der Waals surface area contributed by atoms with E-state index in [4.69, 9.17) is 9.47 Å². The Morgan fingerprint density at radius 3 is 2.23 bits per heavy atom. The summed E-state index contributed by atoms with van der Waals surface area (Å²) in [7, 11) is 0. The molecule has 5 heteroatoms. The lowest BCUT2D eigenvalue weighted by Crippen LogP contribution is -2.27. The van der Waals surface area contributed by atoms with Crippen molar-refractivity contribution in [2.45, 2.75) is 46.3 Å². The minimum absolute atomic E-state index is 0.141. The Bertz CT molecular complexity index is 539. The van der Waals surface area contributed by atoms with E-state index in [0.29, 0.717) is 5.69 Å². The standard InChI is InChI=1S/C17H23NO4/c1-12(2)21-15(19)11-8-13-6-9-14(10-7-13)18-16(20)22-17(3,4)5/h6-12H,1-5H3,(H,18,20)/b11-8+. The zero-order chi connectivity index (χ0) is 16.8. The SMILES string of the molecule is CC(C)OC(=O)/C=C/c1ccc(NC(=O)OC(C)(C)C)cc1. The van der Waals surface area contributed by atoms with Crippen LogP contribution in [0.3, 0.4) is 0 Å². The molecule has 0 aliphatic rings. The van der Waals surface area contributed by atoms with Gasteiger partial charge in [0.2, 0.25) is 0 Å². The molecule has 0 radical (unpaired) electrons. The van der Waals surface area contributed by atoms with Crippen LogP contribution < -0.4 is 5.32 Å². The smallest absolute Gasteiger partial charge is 0.412 e. The van der Waals surface area contributed by atoms with Crippen molar-refractivity contribution >= 4 is 23.8 Å². The number of carbonyl (C=O) groups excluding carboxylic acids is 2. The Morgan fingerprint density at radius 1 is 1.14 bits per heavy atom. The summed E-state index contributed by atoms with van der Waals surface area (Å²) in [5, 5.41) is 2.64. The largest absolute Gasteiger partial charge is 0.460 e. The summed E-state index contributed by atoms with van der Waals surface area (Å²) in [6.45, 7) is 9.00. The Morgan fingerprint density at radius 2 is 1.73 bits per heavy atom. The predicted molar refractivity (Wildman–Crippen MR) is 86.6 cm³/mol. The lowest BCUT2D eigenvalue weighted by Gasteiger charge is -2.19. The molecule has 0 fully saturated rings. The minimum Gasteiger partial charge on any atom is -0.460 e. The van der Waals surface area contributed by atoms with E-state index < -0.39 is 11.7 Å². The van der Waals surface area contributed by atoms with Crippen molar-refractivity contribution in [2.24, 2.45) is 0 Å². The molecule has 0 bridgehead atoms. The molecule has 1 aromatic carbocycles. The molecule has 0 aliphatic heterocycles. The van der Waals surface area contributed by atoms with Gasteiger partial charge < -0.3 is 9.47 Å². The molecule has 120 valence electrons. The fourth-order valence-electron chi connectivity index (χ4n) is 1.53. The maximum absolute atomic E-state index is 11.6. The second kappa shape index (κ2) is 7.64. The molecule has 1 rings (SSSR count). The summed E-state index contributed by atoms with van der Waals surface area (Å²) in [4.78, 5) is 23.0. The Kier molecular flexibility index (Phi) is 6.16. The summed E-state index contributed by atoms with van der Waals surface area (Å²) < 4.78 is 10.2. The van der Waals surface area contributed by atoms with Gasteiger partial charge in [0.1, 0.15) is 5.60 Å². The molecule has 0 aliphatic carbocycles. The van der Waals surface area contributed by atoms with Crippen molar-refractivity contribution in [3.05, 3.63) is 35.9 Å². The lowest BCUT2D eigenvalue weighted by atomic mass is 10.2. The predicted octanol–water partition coefficient (Wildman–Crippen LogP) is 4.00. The van der Waals surface area contributed by atoms with E-state index in [1.54, 1.807) is 65.0 Å². The van der Waals surface area contributed by atoms with Crippen LogP contribution >= 0.6 is 0 Å². The first kappa shape index (κ1) is 17.8. The van der Waals surface area contributed by atoms with Crippen LogP contribution in [0.5, 0.6) is 0 Å².